The largest absolute Gasteiger partial charge is 0.386 e. The van der Waals surface area contributed by atoms with Gasteiger partial charge in [-0.15, -0.1) is 6.58 Å². The van der Waals surface area contributed by atoms with E-state index in [2.05, 4.69) is 32.1 Å². The molecule has 5 aromatic rings. The normalized spacial score (nSPS) is 19.8. The second kappa shape index (κ2) is 17.0. The summed E-state index contributed by atoms with van der Waals surface area (Å²) in [5.41, 5.74) is 7.23. The fourth-order valence-electron chi connectivity index (χ4n) is 9.38. The van der Waals surface area contributed by atoms with Gasteiger partial charge in [0.2, 0.25) is 11.8 Å². The number of benzene rings is 2. The Kier molecular flexibility index (Phi) is 11.7. The summed E-state index contributed by atoms with van der Waals surface area (Å²) < 4.78 is 34.1. The summed E-state index contributed by atoms with van der Waals surface area (Å²) in [6, 6.07) is 12.3. The number of nitrogens with one attached hydrogen (secondary N) is 2. The number of halogens is 2. The van der Waals surface area contributed by atoms with Gasteiger partial charge in [-0.1, -0.05) is 6.08 Å². The zero-order valence-electron chi connectivity index (χ0n) is 34.9. The summed E-state index contributed by atoms with van der Waals surface area (Å²) in [6.07, 6.45) is 9.81. The number of rotatable bonds is 13. The number of hydrogen-bond acceptors (Lipinski definition) is 9. The maximum Gasteiger partial charge on any atom is 0.274 e. The highest BCUT2D eigenvalue weighted by Gasteiger charge is 2.37. The molecule has 1 aliphatic carbocycles. The summed E-state index contributed by atoms with van der Waals surface area (Å²) in [5.74, 6) is -3.74. The lowest BCUT2D eigenvalue weighted by Crippen LogP contribution is -2.64. The number of primary amides is 1. The van der Waals surface area contributed by atoms with E-state index in [1.165, 1.54) is 29.9 Å². The van der Waals surface area contributed by atoms with E-state index in [0.717, 1.165) is 62.8 Å². The van der Waals surface area contributed by atoms with Crippen LogP contribution >= 0.6 is 0 Å². The molecule has 0 unspecified atom stereocenters. The Bertz CT molecular complexity index is 2450. The van der Waals surface area contributed by atoms with E-state index in [9.17, 15) is 19.5 Å². The van der Waals surface area contributed by atoms with Crippen molar-refractivity contribution in [3.63, 3.8) is 0 Å². The monoisotopic (exact) mass is 836 g/mol. The number of likely N-dealkylation sites (N-methyl/N-ethyl adjacent to an activating group) is 1. The standard InChI is InChI=1S/C45H54F2N10O4/c1-5-6-7-34(43(59)49-4)41-36(46)20-32(21-37(41)47)55-25-33(26-55)54-16-14-53(15-17-54)29-8-10-30(11-9-29)56-24-28-19-39(35(45(2,3)61)22-38(28)52-56)51-44(60)40-13-12-31-18-27(42(48)58)23-50-57(31)40/h5,12-13,18-24,29-30,33-34,61H,1,6-11,14-17,25-26H2,2-4H3,(H2,48,58)(H,49,59)(H,51,60)/t29?,30?,34-/m1/s1. The predicted molar refractivity (Wildman–Crippen MR) is 230 cm³/mol. The fraction of sp³-hybridized carbons (Fsp3) is 0.444. The molecule has 3 aromatic heterocycles. The summed E-state index contributed by atoms with van der Waals surface area (Å²) in [4.78, 5) is 44.7. The van der Waals surface area contributed by atoms with Gasteiger partial charge < -0.3 is 26.4 Å². The molecule has 2 aromatic carbocycles. The Morgan fingerprint density at radius 3 is 2.25 bits per heavy atom. The molecule has 3 amide bonds. The highest BCUT2D eigenvalue weighted by atomic mass is 19.1. The highest BCUT2D eigenvalue weighted by Crippen LogP contribution is 2.37. The Morgan fingerprint density at radius 2 is 1.62 bits per heavy atom. The number of carbonyl (C=O) groups is 3. The molecule has 3 aliphatic rings. The first-order valence-electron chi connectivity index (χ1n) is 21.1. The minimum atomic E-state index is -1.27. The first-order chi connectivity index (χ1) is 29.2. The lowest BCUT2D eigenvalue weighted by molar-refractivity contribution is -0.122. The van der Waals surface area contributed by atoms with Crippen LogP contribution in [0.2, 0.25) is 0 Å². The molecule has 16 heteroatoms. The van der Waals surface area contributed by atoms with Crippen LogP contribution in [0.4, 0.5) is 20.2 Å². The van der Waals surface area contributed by atoms with Crippen LogP contribution in [-0.4, -0.2) is 110 Å². The number of carbonyl (C=O) groups excluding carboxylic acids is 3. The third-order valence-electron chi connectivity index (χ3n) is 12.9. The lowest BCUT2D eigenvalue weighted by atomic mass is 9.89. The van der Waals surface area contributed by atoms with E-state index in [0.29, 0.717) is 54.0 Å². The number of piperazine rings is 1. The van der Waals surface area contributed by atoms with E-state index in [-0.39, 0.29) is 29.3 Å². The second-order valence-electron chi connectivity index (χ2n) is 17.2. The molecule has 322 valence electrons. The zero-order chi connectivity index (χ0) is 43.2. The van der Waals surface area contributed by atoms with E-state index in [1.54, 1.807) is 38.1 Å². The van der Waals surface area contributed by atoms with Gasteiger partial charge >= 0.3 is 0 Å². The van der Waals surface area contributed by atoms with Crippen LogP contribution in [0.3, 0.4) is 0 Å². The number of allylic oxidation sites excluding steroid dienone is 1. The van der Waals surface area contributed by atoms with Gasteiger partial charge in [0.15, 0.2) is 0 Å². The zero-order valence-corrected chi connectivity index (χ0v) is 34.9. The van der Waals surface area contributed by atoms with Crippen LogP contribution in [-0.2, 0) is 10.4 Å². The van der Waals surface area contributed by atoms with Gasteiger partial charge in [-0.3, -0.25) is 28.9 Å². The summed E-state index contributed by atoms with van der Waals surface area (Å²) in [6.45, 7) is 12.2. The molecular weight excluding hydrogens is 783 g/mol. The molecule has 14 nitrogen and oxygen atoms in total. The van der Waals surface area contributed by atoms with Crippen molar-refractivity contribution in [1.29, 1.82) is 0 Å². The number of nitrogens with two attached hydrogens (primary N) is 1. The molecule has 1 atom stereocenters. The third kappa shape index (κ3) is 8.48. The molecule has 2 saturated heterocycles. The number of aliphatic hydroxyl groups is 1. The fourth-order valence-corrected chi connectivity index (χ4v) is 9.38. The molecule has 5 N–H and O–H groups in total. The first kappa shape index (κ1) is 42.0. The molecule has 3 fully saturated rings. The number of fused-ring (bicyclic) bond motifs is 2. The van der Waals surface area contributed by atoms with Gasteiger partial charge in [-0.25, -0.2) is 13.3 Å². The van der Waals surface area contributed by atoms with Crippen molar-refractivity contribution in [2.75, 3.05) is 56.5 Å². The van der Waals surface area contributed by atoms with E-state index >= 15 is 8.78 Å². The van der Waals surface area contributed by atoms with Gasteiger partial charge in [0.25, 0.3) is 5.91 Å². The number of aromatic nitrogens is 4. The van der Waals surface area contributed by atoms with Gasteiger partial charge in [0, 0.05) is 92.5 Å². The molecule has 1 saturated carbocycles. The van der Waals surface area contributed by atoms with Crippen molar-refractivity contribution in [3.05, 3.63) is 102 Å². The van der Waals surface area contributed by atoms with Crippen molar-refractivity contribution in [1.82, 2.24) is 34.5 Å². The van der Waals surface area contributed by atoms with E-state index in [4.69, 9.17) is 10.8 Å². The minimum absolute atomic E-state index is 0.186. The molecule has 61 heavy (non-hydrogen) atoms. The second-order valence-corrected chi connectivity index (χ2v) is 17.2. The average molecular weight is 837 g/mol. The lowest BCUT2D eigenvalue weighted by Gasteiger charge is -2.50. The Morgan fingerprint density at radius 1 is 0.967 bits per heavy atom. The average Bonchev–Trinajstić information content (AvgIpc) is 3.85. The van der Waals surface area contributed by atoms with E-state index in [1.807, 2.05) is 27.9 Å². The van der Waals surface area contributed by atoms with Gasteiger partial charge in [-0.05, 0) is 94.8 Å². The Hall–Kier alpha value is -5.71. The molecular formula is C45H54F2N10O4. The van der Waals surface area contributed by atoms with Crippen molar-refractivity contribution < 1.29 is 28.3 Å². The number of amides is 3. The van der Waals surface area contributed by atoms with Crippen LogP contribution < -0.4 is 21.3 Å². The van der Waals surface area contributed by atoms with E-state index < -0.39 is 40.9 Å². The maximum atomic E-state index is 15.3. The van der Waals surface area contributed by atoms with Crippen LogP contribution in [0.1, 0.15) is 96.3 Å². The molecule has 5 heterocycles. The molecule has 0 radical (unpaired) electrons. The van der Waals surface area contributed by atoms with Crippen molar-refractivity contribution in [3.8, 4) is 0 Å². The third-order valence-corrected chi connectivity index (χ3v) is 12.9. The Balaban J connectivity index is 0.852. The van der Waals surface area contributed by atoms with Crippen LogP contribution in [0.25, 0.3) is 16.4 Å². The summed E-state index contributed by atoms with van der Waals surface area (Å²) in [7, 11) is 1.47. The van der Waals surface area contributed by atoms with Crippen molar-refractivity contribution >= 4 is 45.5 Å². The highest BCUT2D eigenvalue weighted by molar-refractivity contribution is 6.05. The Labute approximate surface area is 353 Å². The van der Waals surface area contributed by atoms with Crippen molar-refractivity contribution in [2.24, 2.45) is 5.73 Å². The topological polar surface area (TPSA) is 166 Å². The van der Waals surface area contributed by atoms with Gasteiger partial charge in [0.1, 0.15) is 17.3 Å². The molecule has 0 bridgehead atoms. The number of hydrogen-bond donors (Lipinski definition) is 4. The summed E-state index contributed by atoms with van der Waals surface area (Å²) >= 11 is 0. The van der Waals surface area contributed by atoms with Crippen LogP contribution in [0.5, 0.6) is 0 Å². The molecule has 8 rings (SSSR count). The minimum Gasteiger partial charge on any atom is -0.386 e. The summed E-state index contributed by atoms with van der Waals surface area (Å²) in [5, 5.41) is 26.7. The van der Waals surface area contributed by atoms with Gasteiger partial charge in [-0.2, -0.15) is 10.2 Å². The van der Waals surface area contributed by atoms with Crippen LogP contribution in [0, 0.1) is 11.6 Å². The number of anilines is 2. The number of nitrogens with zero attached hydrogens (tertiary/aromatic N) is 7. The SMILES string of the molecule is C=CCC[C@@H](C(=O)NC)c1c(F)cc(N2CC(N3CCN(C4CCC(n5cc6cc(NC(=O)c7ccc8cc(C(N)=O)cnn78)c(C(C)(C)O)cc6n5)CC4)CC3)C2)cc1F. The smallest absolute Gasteiger partial charge is 0.274 e. The first-order valence-corrected chi connectivity index (χ1v) is 21.1. The predicted octanol–water partition coefficient (Wildman–Crippen LogP) is 5.33. The van der Waals surface area contributed by atoms with Crippen molar-refractivity contribution in [2.45, 2.75) is 82.0 Å². The maximum absolute atomic E-state index is 15.3. The molecule has 2 aliphatic heterocycles. The van der Waals surface area contributed by atoms with Gasteiger partial charge in [0.05, 0.1) is 40.4 Å². The quantitative estimate of drug-likeness (QED) is 0.115. The molecule has 0 spiro atoms. The van der Waals surface area contributed by atoms with Crippen LogP contribution in [0.15, 0.2) is 67.5 Å².